The van der Waals surface area contributed by atoms with Gasteiger partial charge in [0.05, 0.1) is 28.1 Å². The zero-order chi connectivity index (χ0) is 31.9. The first-order valence-electron chi connectivity index (χ1n) is 16.1. The summed E-state index contributed by atoms with van der Waals surface area (Å²) in [6.45, 7) is 0. The number of aromatic nitrogens is 4. The summed E-state index contributed by atoms with van der Waals surface area (Å²) in [6.07, 6.45) is 0. The van der Waals surface area contributed by atoms with Gasteiger partial charge in [0.15, 0.2) is 5.82 Å². The Kier molecular flexibility index (Phi) is 6.76. The zero-order valence-electron chi connectivity index (χ0n) is 26.0. The smallest absolute Gasteiger partial charge is 0.179 e. The fourth-order valence-corrected chi connectivity index (χ4v) is 6.31. The summed E-state index contributed by atoms with van der Waals surface area (Å²) >= 11 is 0. The maximum atomic E-state index is 5.09. The summed E-state index contributed by atoms with van der Waals surface area (Å²) in [5.41, 5.74) is 10.7. The van der Waals surface area contributed by atoms with E-state index in [1.54, 1.807) is 0 Å². The van der Waals surface area contributed by atoms with Gasteiger partial charge >= 0.3 is 0 Å². The predicted octanol–water partition coefficient (Wildman–Crippen LogP) is 11.1. The summed E-state index contributed by atoms with van der Waals surface area (Å²) in [7, 11) is 0. The highest BCUT2D eigenvalue weighted by Gasteiger charge is 2.13. The van der Waals surface area contributed by atoms with Crippen LogP contribution in [0.1, 0.15) is 0 Å². The second-order valence-corrected chi connectivity index (χ2v) is 12.0. The average molecular weight is 613 g/mol. The standard InChI is InChI=1S/C44H28N4/c1-3-10-30(11-4-1)42-28-43(31-12-5-2-6-13-31)48-44(47-42)40-24-19-32-16-17-35(27-41(32)46-40)34-20-22-38-37(26-34)21-23-39(45-38)36-18-15-29-9-7-8-14-33(29)25-36/h1-28H. The van der Waals surface area contributed by atoms with Gasteiger partial charge in [0.2, 0.25) is 0 Å². The van der Waals surface area contributed by atoms with Crippen LogP contribution in [0.2, 0.25) is 0 Å². The first-order valence-corrected chi connectivity index (χ1v) is 16.1. The minimum atomic E-state index is 0.599. The van der Waals surface area contributed by atoms with E-state index in [4.69, 9.17) is 19.9 Å². The summed E-state index contributed by atoms with van der Waals surface area (Å²) in [6, 6.07) is 58.7. The zero-order valence-corrected chi connectivity index (χ0v) is 26.0. The third-order valence-corrected chi connectivity index (χ3v) is 8.85. The van der Waals surface area contributed by atoms with Gasteiger partial charge in [-0.3, -0.25) is 0 Å². The van der Waals surface area contributed by atoms with Gasteiger partial charge in [0, 0.05) is 27.5 Å². The lowest BCUT2D eigenvalue weighted by Gasteiger charge is -2.10. The van der Waals surface area contributed by atoms with Gasteiger partial charge in [0.25, 0.3) is 0 Å². The highest BCUT2D eigenvalue weighted by atomic mass is 14.9. The second kappa shape index (κ2) is 11.7. The molecule has 0 unspecified atom stereocenters. The van der Waals surface area contributed by atoms with Crippen LogP contribution in [0.25, 0.3) is 89.0 Å². The molecule has 9 rings (SSSR count). The predicted molar refractivity (Wildman–Crippen MR) is 197 cm³/mol. The molecule has 0 radical (unpaired) electrons. The van der Waals surface area contributed by atoms with Crippen molar-refractivity contribution in [2.75, 3.05) is 0 Å². The molecule has 0 fully saturated rings. The van der Waals surface area contributed by atoms with Gasteiger partial charge in [-0.1, -0.05) is 127 Å². The molecule has 0 aliphatic rings. The summed E-state index contributed by atoms with van der Waals surface area (Å²) in [5, 5.41) is 4.60. The SMILES string of the molecule is c1ccc(-c2cc(-c3ccccc3)nc(-c3ccc4ccc(-c5ccc6nc(-c7ccc8ccccc8c7)ccc6c5)cc4n3)n2)cc1. The number of nitrogens with zero attached hydrogens (tertiary/aromatic N) is 4. The van der Waals surface area contributed by atoms with Crippen LogP contribution >= 0.6 is 0 Å². The van der Waals surface area contributed by atoms with Crippen LogP contribution in [-0.2, 0) is 0 Å². The highest BCUT2D eigenvalue weighted by Crippen LogP contribution is 2.31. The van der Waals surface area contributed by atoms with Crippen molar-refractivity contribution in [2.24, 2.45) is 0 Å². The number of benzene rings is 6. The fourth-order valence-electron chi connectivity index (χ4n) is 6.31. The molecule has 0 amide bonds. The molecule has 0 aliphatic heterocycles. The van der Waals surface area contributed by atoms with Crippen LogP contribution in [0.4, 0.5) is 0 Å². The van der Waals surface area contributed by atoms with E-state index in [9.17, 15) is 0 Å². The summed E-state index contributed by atoms with van der Waals surface area (Å²) < 4.78 is 0. The normalized spacial score (nSPS) is 11.3. The number of fused-ring (bicyclic) bond motifs is 3. The summed E-state index contributed by atoms with van der Waals surface area (Å²) in [5.74, 6) is 0.599. The lowest BCUT2D eigenvalue weighted by atomic mass is 10.0. The Hall–Kier alpha value is -6.52. The maximum Gasteiger partial charge on any atom is 0.179 e. The molecule has 3 heterocycles. The van der Waals surface area contributed by atoms with Crippen molar-refractivity contribution in [3.8, 4) is 56.4 Å². The molecule has 0 saturated heterocycles. The van der Waals surface area contributed by atoms with E-state index in [0.29, 0.717) is 5.82 Å². The molecule has 0 atom stereocenters. The topological polar surface area (TPSA) is 51.6 Å². The third kappa shape index (κ3) is 5.25. The number of hydrogen-bond acceptors (Lipinski definition) is 4. The molecule has 0 N–H and O–H groups in total. The molecule has 0 bridgehead atoms. The van der Waals surface area contributed by atoms with Crippen molar-refractivity contribution in [3.05, 3.63) is 170 Å². The van der Waals surface area contributed by atoms with Gasteiger partial charge in [-0.15, -0.1) is 0 Å². The van der Waals surface area contributed by atoms with E-state index in [-0.39, 0.29) is 0 Å². The Labute approximate surface area is 278 Å². The van der Waals surface area contributed by atoms with Crippen LogP contribution < -0.4 is 0 Å². The quantitative estimate of drug-likeness (QED) is 0.194. The lowest BCUT2D eigenvalue weighted by molar-refractivity contribution is 1.16. The van der Waals surface area contributed by atoms with E-state index in [1.807, 2.05) is 48.5 Å². The molecule has 9 aromatic rings. The number of hydrogen-bond donors (Lipinski definition) is 0. The fraction of sp³-hybridized carbons (Fsp3) is 0. The van der Waals surface area contributed by atoms with Gasteiger partial charge in [-0.2, -0.15) is 0 Å². The van der Waals surface area contributed by atoms with Gasteiger partial charge in [-0.05, 0) is 64.4 Å². The Morgan fingerprint density at radius 2 is 0.792 bits per heavy atom. The van der Waals surface area contributed by atoms with Crippen molar-refractivity contribution in [1.29, 1.82) is 0 Å². The van der Waals surface area contributed by atoms with Crippen molar-refractivity contribution >= 4 is 32.6 Å². The van der Waals surface area contributed by atoms with Gasteiger partial charge < -0.3 is 0 Å². The van der Waals surface area contributed by atoms with E-state index < -0.39 is 0 Å². The second-order valence-electron chi connectivity index (χ2n) is 12.0. The van der Waals surface area contributed by atoms with Gasteiger partial charge in [-0.25, -0.2) is 19.9 Å². The molecule has 0 saturated carbocycles. The molecule has 0 spiro atoms. The minimum absolute atomic E-state index is 0.599. The lowest BCUT2D eigenvalue weighted by Crippen LogP contribution is -1.97. The molecule has 0 aliphatic carbocycles. The number of rotatable bonds is 5. The minimum Gasteiger partial charge on any atom is -0.248 e. The molecular formula is C44H28N4. The first-order chi connectivity index (χ1) is 23.7. The van der Waals surface area contributed by atoms with E-state index >= 15 is 0 Å². The monoisotopic (exact) mass is 612 g/mol. The van der Waals surface area contributed by atoms with Crippen molar-refractivity contribution in [1.82, 2.24) is 19.9 Å². The van der Waals surface area contributed by atoms with Crippen LogP contribution in [0.15, 0.2) is 170 Å². The number of pyridine rings is 2. The molecular weight excluding hydrogens is 585 g/mol. The van der Waals surface area contributed by atoms with Crippen LogP contribution in [0.3, 0.4) is 0 Å². The van der Waals surface area contributed by atoms with Crippen molar-refractivity contribution in [3.63, 3.8) is 0 Å². The Balaban J connectivity index is 1.08. The first kappa shape index (κ1) is 27.8. The van der Waals surface area contributed by atoms with E-state index in [0.717, 1.165) is 72.4 Å². The maximum absolute atomic E-state index is 5.09. The summed E-state index contributed by atoms with van der Waals surface area (Å²) in [4.78, 5) is 20.1. The highest BCUT2D eigenvalue weighted by molar-refractivity contribution is 5.91. The Morgan fingerprint density at radius 3 is 1.56 bits per heavy atom. The van der Waals surface area contributed by atoms with Gasteiger partial charge in [0.1, 0.15) is 5.69 Å². The molecule has 48 heavy (non-hydrogen) atoms. The van der Waals surface area contributed by atoms with Crippen LogP contribution in [-0.4, -0.2) is 19.9 Å². The van der Waals surface area contributed by atoms with Crippen molar-refractivity contribution < 1.29 is 0 Å². The van der Waals surface area contributed by atoms with Crippen LogP contribution in [0.5, 0.6) is 0 Å². The molecule has 4 heteroatoms. The third-order valence-electron chi connectivity index (χ3n) is 8.85. The molecule has 4 nitrogen and oxygen atoms in total. The molecule has 6 aromatic carbocycles. The Morgan fingerprint density at radius 1 is 0.250 bits per heavy atom. The largest absolute Gasteiger partial charge is 0.248 e. The van der Waals surface area contributed by atoms with E-state index in [1.165, 1.54) is 10.8 Å². The van der Waals surface area contributed by atoms with Crippen LogP contribution in [0, 0.1) is 0 Å². The molecule has 3 aromatic heterocycles. The molecule has 224 valence electrons. The Bertz CT molecular complexity index is 2560. The average Bonchev–Trinajstić information content (AvgIpc) is 3.17. The van der Waals surface area contributed by atoms with Crippen molar-refractivity contribution in [2.45, 2.75) is 0 Å². The van der Waals surface area contributed by atoms with E-state index in [2.05, 4.69) is 121 Å².